The van der Waals surface area contributed by atoms with Gasteiger partial charge in [0, 0.05) is 6.61 Å². The van der Waals surface area contributed by atoms with E-state index in [1.54, 1.807) is 6.92 Å². The minimum atomic E-state index is -2.65. The molecular formula is C11H20F2O3. The molecule has 0 aliphatic carbocycles. The first-order valence-electron chi connectivity index (χ1n) is 5.67. The lowest BCUT2D eigenvalue weighted by Crippen LogP contribution is -2.27. The van der Waals surface area contributed by atoms with Crippen molar-refractivity contribution in [1.82, 2.24) is 0 Å². The van der Waals surface area contributed by atoms with Crippen LogP contribution in [0.1, 0.15) is 39.5 Å². The van der Waals surface area contributed by atoms with Crippen LogP contribution in [0.2, 0.25) is 0 Å². The van der Waals surface area contributed by atoms with Crippen molar-refractivity contribution >= 4 is 5.97 Å². The number of hydrogen-bond donors (Lipinski definition) is 0. The third-order valence-electron chi connectivity index (χ3n) is 2.03. The lowest BCUT2D eigenvalue weighted by molar-refractivity contribution is -0.150. The summed E-state index contributed by atoms with van der Waals surface area (Å²) in [4.78, 5) is 11.0. The maximum absolute atomic E-state index is 12.5. The number of unbranched alkanes of at least 4 members (excludes halogenated alkanes) is 2. The monoisotopic (exact) mass is 238 g/mol. The van der Waals surface area contributed by atoms with Crippen molar-refractivity contribution in [2.75, 3.05) is 13.2 Å². The summed E-state index contributed by atoms with van der Waals surface area (Å²) in [6, 6.07) is 0. The van der Waals surface area contributed by atoms with Crippen molar-refractivity contribution in [1.29, 1.82) is 0 Å². The van der Waals surface area contributed by atoms with Crippen molar-refractivity contribution in [3.05, 3.63) is 0 Å². The van der Waals surface area contributed by atoms with Gasteiger partial charge in [-0.1, -0.05) is 19.8 Å². The maximum Gasteiger partial charge on any atom is 0.308 e. The molecule has 0 saturated carbocycles. The van der Waals surface area contributed by atoms with E-state index in [0.29, 0.717) is 0 Å². The average Bonchev–Trinajstić information content (AvgIpc) is 2.22. The normalized spacial score (nSPS) is 12.8. The molecule has 0 bridgehead atoms. The van der Waals surface area contributed by atoms with Gasteiger partial charge in [-0.2, -0.15) is 0 Å². The Labute approximate surface area is 95.1 Å². The molecule has 0 amide bonds. The van der Waals surface area contributed by atoms with Crippen molar-refractivity contribution in [3.8, 4) is 0 Å². The fraction of sp³-hybridized carbons (Fsp3) is 0.909. The fourth-order valence-corrected chi connectivity index (χ4v) is 1.19. The van der Waals surface area contributed by atoms with E-state index in [-0.39, 0.29) is 19.6 Å². The molecule has 3 nitrogen and oxygen atoms in total. The van der Waals surface area contributed by atoms with Crippen LogP contribution in [-0.4, -0.2) is 31.7 Å². The Morgan fingerprint density at radius 1 is 1.25 bits per heavy atom. The number of esters is 1. The summed E-state index contributed by atoms with van der Waals surface area (Å²) in [7, 11) is 0. The maximum atomic E-state index is 12.5. The molecule has 0 heterocycles. The summed E-state index contributed by atoms with van der Waals surface area (Å²) in [5.74, 6) is -0.636. The number of halogens is 2. The average molecular weight is 238 g/mol. The minimum Gasteiger partial charge on any atom is -0.466 e. The Hall–Kier alpha value is -0.710. The van der Waals surface area contributed by atoms with Crippen molar-refractivity contribution in [2.24, 2.45) is 0 Å². The number of rotatable bonds is 9. The Morgan fingerprint density at radius 3 is 2.44 bits per heavy atom. The molecule has 0 rings (SSSR count). The highest BCUT2D eigenvalue weighted by molar-refractivity contribution is 5.69. The molecule has 0 N–H and O–H groups in total. The molecule has 0 radical (unpaired) electrons. The van der Waals surface area contributed by atoms with Gasteiger partial charge in [-0.25, -0.2) is 8.78 Å². The molecule has 0 aromatic heterocycles. The molecule has 0 aliphatic rings. The van der Waals surface area contributed by atoms with Crippen LogP contribution in [0.25, 0.3) is 0 Å². The molecule has 1 unspecified atom stereocenters. The molecule has 1 atom stereocenters. The molecule has 5 heteroatoms. The van der Waals surface area contributed by atoms with E-state index in [1.165, 1.54) is 0 Å². The summed E-state index contributed by atoms with van der Waals surface area (Å²) < 4.78 is 34.5. The van der Waals surface area contributed by atoms with E-state index < -0.39 is 18.5 Å². The second-order valence-corrected chi connectivity index (χ2v) is 3.46. The quantitative estimate of drug-likeness (QED) is 0.457. The molecule has 0 aliphatic heterocycles. The van der Waals surface area contributed by atoms with Crippen molar-refractivity contribution < 1.29 is 23.0 Å². The van der Waals surface area contributed by atoms with Crippen LogP contribution >= 0.6 is 0 Å². The van der Waals surface area contributed by atoms with E-state index in [2.05, 4.69) is 4.74 Å². The number of hydrogen-bond acceptors (Lipinski definition) is 3. The lowest BCUT2D eigenvalue weighted by atomic mass is 10.2. The third kappa shape index (κ3) is 7.56. The molecule has 0 aromatic carbocycles. The van der Waals surface area contributed by atoms with Crippen LogP contribution in [0.3, 0.4) is 0 Å². The van der Waals surface area contributed by atoms with Gasteiger partial charge in [-0.05, 0) is 13.3 Å². The van der Waals surface area contributed by atoms with Gasteiger partial charge in [-0.15, -0.1) is 0 Å². The summed E-state index contributed by atoms with van der Waals surface area (Å²) in [6.07, 6.45) is -1.68. The zero-order chi connectivity index (χ0) is 12.4. The van der Waals surface area contributed by atoms with Crippen molar-refractivity contribution in [3.63, 3.8) is 0 Å². The van der Waals surface area contributed by atoms with E-state index in [1.807, 2.05) is 6.92 Å². The number of carbonyl (C=O) groups is 1. The SMILES string of the molecule is CCCCCOC(CC(=O)OCC)C(F)F. The van der Waals surface area contributed by atoms with Crippen LogP contribution in [0.15, 0.2) is 0 Å². The Balaban J connectivity index is 3.83. The Kier molecular flexibility index (Phi) is 9.09. The van der Waals surface area contributed by atoms with E-state index >= 15 is 0 Å². The largest absolute Gasteiger partial charge is 0.466 e. The molecule has 0 aromatic rings. The van der Waals surface area contributed by atoms with Gasteiger partial charge >= 0.3 is 5.97 Å². The van der Waals surface area contributed by atoms with Crippen LogP contribution in [0.4, 0.5) is 8.78 Å². The highest BCUT2D eigenvalue weighted by Gasteiger charge is 2.24. The molecule has 16 heavy (non-hydrogen) atoms. The van der Waals surface area contributed by atoms with Gasteiger partial charge < -0.3 is 9.47 Å². The summed E-state index contributed by atoms with van der Waals surface area (Å²) in [6.45, 7) is 4.12. The van der Waals surface area contributed by atoms with Gasteiger partial charge in [0.25, 0.3) is 6.43 Å². The minimum absolute atomic E-state index is 0.199. The number of carbonyl (C=O) groups excluding carboxylic acids is 1. The first-order chi connectivity index (χ1) is 7.61. The van der Waals surface area contributed by atoms with Crippen LogP contribution in [-0.2, 0) is 14.3 Å². The second-order valence-electron chi connectivity index (χ2n) is 3.46. The predicted octanol–water partition coefficient (Wildman–Crippen LogP) is 2.78. The first kappa shape index (κ1) is 15.3. The van der Waals surface area contributed by atoms with E-state index in [0.717, 1.165) is 19.3 Å². The molecule has 0 spiro atoms. The molecule has 96 valence electrons. The fourth-order valence-electron chi connectivity index (χ4n) is 1.19. The number of ether oxygens (including phenoxy) is 2. The highest BCUT2D eigenvalue weighted by atomic mass is 19.3. The standard InChI is InChI=1S/C11H20F2O3/c1-3-5-6-7-16-9(11(12)13)8-10(14)15-4-2/h9,11H,3-8H2,1-2H3. The van der Waals surface area contributed by atoms with Gasteiger partial charge in [0.05, 0.1) is 13.0 Å². The smallest absolute Gasteiger partial charge is 0.308 e. The lowest BCUT2D eigenvalue weighted by Gasteiger charge is -2.16. The zero-order valence-corrected chi connectivity index (χ0v) is 9.88. The van der Waals surface area contributed by atoms with Crippen LogP contribution < -0.4 is 0 Å². The Bertz CT molecular complexity index is 186. The predicted molar refractivity (Wildman–Crippen MR) is 56.5 cm³/mol. The van der Waals surface area contributed by atoms with Gasteiger partial charge in [0.1, 0.15) is 6.10 Å². The number of alkyl halides is 2. The molecular weight excluding hydrogens is 218 g/mol. The van der Waals surface area contributed by atoms with Crippen LogP contribution in [0.5, 0.6) is 0 Å². The molecule has 0 fully saturated rings. The second kappa shape index (κ2) is 9.51. The van der Waals surface area contributed by atoms with E-state index in [4.69, 9.17) is 4.74 Å². The summed E-state index contributed by atoms with van der Waals surface area (Å²) in [5, 5.41) is 0. The molecule has 0 saturated heterocycles. The highest BCUT2D eigenvalue weighted by Crippen LogP contribution is 2.12. The van der Waals surface area contributed by atoms with Gasteiger partial charge in [0.2, 0.25) is 0 Å². The zero-order valence-electron chi connectivity index (χ0n) is 9.88. The van der Waals surface area contributed by atoms with Crippen molar-refractivity contribution in [2.45, 2.75) is 52.1 Å². The summed E-state index contributed by atoms with van der Waals surface area (Å²) in [5.41, 5.74) is 0. The Morgan fingerprint density at radius 2 is 1.94 bits per heavy atom. The van der Waals surface area contributed by atoms with Gasteiger partial charge in [-0.3, -0.25) is 4.79 Å². The topological polar surface area (TPSA) is 35.5 Å². The summed E-state index contributed by atoms with van der Waals surface area (Å²) >= 11 is 0. The van der Waals surface area contributed by atoms with E-state index in [9.17, 15) is 13.6 Å². The third-order valence-corrected chi connectivity index (χ3v) is 2.03. The first-order valence-corrected chi connectivity index (χ1v) is 5.67. The van der Waals surface area contributed by atoms with Crippen LogP contribution in [0, 0.1) is 0 Å². The van der Waals surface area contributed by atoms with Gasteiger partial charge in [0.15, 0.2) is 0 Å².